The summed E-state index contributed by atoms with van der Waals surface area (Å²) in [5.74, 6) is 7.81. The molecular formula is C13H22N6. The lowest BCUT2D eigenvalue weighted by molar-refractivity contribution is 0.326. The van der Waals surface area contributed by atoms with E-state index in [9.17, 15) is 0 Å². The van der Waals surface area contributed by atoms with Crippen LogP contribution < -0.4 is 16.6 Å². The van der Waals surface area contributed by atoms with Crippen molar-refractivity contribution in [3.63, 3.8) is 0 Å². The number of nitrogens with zero attached hydrogens (tertiary/aromatic N) is 3. The molecule has 1 saturated heterocycles. The number of rotatable bonds is 5. The van der Waals surface area contributed by atoms with E-state index in [1.165, 1.54) is 25.8 Å². The molecule has 1 saturated carbocycles. The molecule has 19 heavy (non-hydrogen) atoms. The SMILES string of the molecule is CCc1nc(NN)cc(NC2CCN(C3CC3)C2)n1. The molecule has 0 amide bonds. The number of aryl methyl sites for hydroxylation is 1. The zero-order valence-corrected chi connectivity index (χ0v) is 11.4. The normalized spacial score (nSPS) is 23.6. The summed E-state index contributed by atoms with van der Waals surface area (Å²) in [4.78, 5) is 11.4. The van der Waals surface area contributed by atoms with Crippen molar-refractivity contribution >= 4 is 11.6 Å². The molecular weight excluding hydrogens is 240 g/mol. The van der Waals surface area contributed by atoms with Crippen LogP contribution in [-0.2, 0) is 6.42 Å². The molecule has 1 aliphatic heterocycles. The van der Waals surface area contributed by atoms with Crippen molar-refractivity contribution in [2.24, 2.45) is 5.84 Å². The van der Waals surface area contributed by atoms with E-state index in [1.807, 2.05) is 13.0 Å². The van der Waals surface area contributed by atoms with Gasteiger partial charge in [0.25, 0.3) is 0 Å². The van der Waals surface area contributed by atoms with Gasteiger partial charge in [-0.15, -0.1) is 0 Å². The lowest BCUT2D eigenvalue weighted by atomic mass is 10.2. The van der Waals surface area contributed by atoms with Crippen molar-refractivity contribution in [3.05, 3.63) is 11.9 Å². The predicted molar refractivity (Wildman–Crippen MR) is 75.8 cm³/mol. The van der Waals surface area contributed by atoms with Crippen LogP contribution in [0.25, 0.3) is 0 Å². The summed E-state index contributed by atoms with van der Waals surface area (Å²) in [5, 5.41) is 3.51. The Balaban J connectivity index is 1.65. The molecule has 2 heterocycles. The first-order chi connectivity index (χ1) is 9.28. The van der Waals surface area contributed by atoms with Gasteiger partial charge in [0.2, 0.25) is 0 Å². The molecule has 4 N–H and O–H groups in total. The summed E-state index contributed by atoms with van der Waals surface area (Å²) in [7, 11) is 0. The standard InChI is InChI=1S/C13H22N6/c1-2-11-16-12(7-13(17-11)18-14)15-9-5-6-19(8-9)10-3-4-10/h7,9-10H,2-6,8,14H2,1H3,(H2,15,16,17,18). The maximum absolute atomic E-state index is 5.44. The number of hydrogen-bond donors (Lipinski definition) is 3. The van der Waals surface area contributed by atoms with Crippen molar-refractivity contribution in [1.82, 2.24) is 14.9 Å². The molecule has 0 spiro atoms. The maximum atomic E-state index is 5.44. The van der Waals surface area contributed by atoms with E-state index in [4.69, 9.17) is 5.84 Å². The highest BCUT2D eigenvalue weighted by molar-refractivity contribution is 5.47. The highest BCUT2D eigenvalue weighted by Gasteiger charge is 2.34. The average molecular weight is 262 g/mol. The van der Waals surface area contributed by atoms with Gasteiger partial charge < -0.3 is 10.7 Å². The zero-order valence-electron chi connectivity index (χ0n) is 11.4. The number of hydrazine groups is 1. The van der Waals surface area contributed by atoms with Gasteiger partial charge in [-0.05, 0) is 19.3 Å². The van der Waals surface area contributed by atoms with E-state index >= 15 is 0 Å². The Morgan fingerprint density at radius 2 is 2.11 bits per heavy atom. The molecule has 2 aliphatic rings. The Labute approximate surface area is 113 Å². The molecule has 0 aromatic carbocycles. The molecule has 1 unspecified atom stereocenters. The number of nitrogens with one attached hydrogen (secondary N) is 2. The maximum Gasteiger partial charge on any atom is 0.145 e. The van der Waals surface area contributed by atoms with E-state index in [0.29, 0.717) is 11.9 Å². The van der Waals surface area contributed by atoms with Crippen molar-refractivity contribution in [2.45, 2.75) is 44.7 Å². The highest BCUT2D eigenvalue weighted by Crippen LogP contribution is 2.30. The van der Waals surface area contributed by atoms with Crippen LogP contribution in [0.3, 0.4) is 0 Å². The van der Waals surface area contributed by atoms with Crippen LogP contribution >= 0.6 is 0 Å². The molecule has 6 heteroatoms. The van der Waals surface area contributed by atoms with Crippen LogP contribution in [0.2, 0.25) is 0 Å². The summed E-state index contributed by atoms with van der Waals surface area (Å²) in [5.41, 5.74) is 2.60. The van der Waals surface area contributed by atoms with Gasteiger partial charge in [0.1, 0.15) is 17.5 Å². The molecule has 1 aliphatic carbocycles. The number of likely N-dealkylation sites (tertiary alicyclic amines) is 1. The number of anilines is 2. The highest BCUT2D eigenvalue weighted by atomic mass is 15.3. The summed E-state index contributed by atoms with van der Waals surface area (Å²) in [6.07, 6.45) is 4.75. The topological polar surface area (TPSA) is 79.1 Å². The number of nitrogens with two attached hydrogens (primary N) is 1. The predicted octanol–water partition coefficient (Wildman–Crippen LogP) is 0.973. The first-order valence-electron chi connectivity index (χ1n) is 7.13. The van der Waals surface area contributed by atoms with Crippen LogP contribution in [-0.4, -0.2) is 40.0 Å². The fraction of sp³-hybridized carbons (Fsp3) is 0.692. The van der Waals surface area contributed by atoms with E-state index in [2.05, 4.69) is 25.6 Å². The van der Waals surface area contributed by atoms with Gasteiger partial charge in [0, 0.05) is 37.7 Å². The van der Waals surface area contributed by atoms with E-state index in [0.717, 1.165) is 30.6 Å². The number of aromatic nitrogens is 2. The van der Waals surface area contributed by atoms with Gasteiger partial charge in [-0.1, -0.05) is 6.92 Å². The van der Waals surface area contributed by atoms with Crippen molar-refractivity contribution in [3.8, 4) is 0 Å². The smallest absolute Gasteiger partial charge is 0.145 e. The van der Waals surface area contributed by atoms with E-state index in [-0.39, 0.29) is 0 Å². The van der Waals surface area contributed by atoms with Crippen LogP contribution in [0.4, 0.5) is 11.6 Å². The Morgan fingerprint density at radius 1 is 1.32 bits per heavy atom. The molecule has 3 rings (SSSR count). The Hall–Kier alpha value is -1.40. The Morgan fingerprint density at radius 3 is 2.79 bits per heavy atom. The van der Waals surface area contributed by atoms with Gasteiger partial charge in [-0.2, -0.15) is 0 Å². The van der Waals surface area contributed by atoms with Crippen LogP contribution in [0, 0.1) is 0 Å². The lowest BCUT2D eigenvalue weighted by Crippen LogP contribution is -2.28. The number of nitrogen functional groups attached to an aromatic ring is 1. The second-order valence-electron chi connectivity index (χ2n) is 5.41. The summed E-state index contributed by atoms with van der Waals surface area (Å²) < 4.78 is 0. The molecule has 0 radical (unpaired) electrons. The average Bonchev–Trinajstić information content (AvgIpc) is 3.19. The molecule has 0 bridgehead atoms. The third-order valence-electron chi connectivity index (χ3n) is 3.87. The van der Waals surface area contributed by atoms with Crippen molar-refractivity contribution in [2.75, 3.05) is 23.8 Å². The van der Waals surface area contributed by atoms with Crippen LogP contribution in [0.5, 0.6) is 0 Å². The molecule has 6 nitrogen and oxygen atoms in total. The zero-order chi connectivity index (χ0) is 13.2. The quantitative estimate of drug-likeness (QED) is 0.542. The van der Waals surface area contributed by atoms with Gasteiger partial charge in [-0.3, -0.25) is 4.90 Å². The third kappa shape index (κ3) is 2.96. The first kappa shape index (κ1) is 12.6. The minimum atomic E-state index is 0.492. The molecule has 104 valence electrons. The minimum Gasteiger partial charge on any atom is -0.366 e. The third-order valence-corrected chi connectivity index (χ3v) is 3.87. The summed E-state index contributed by atoms with van der Waals surface area (Å²) in [6.45, 7) is 4.38. The molecule has 2 fully saturated rings. The van der Waals surface area contributed by atoms with Crippen LogP contribution in [0.15, 0.2) is 6.07 Å². The Kier molecular flexibility index (Phi) is 3.52. The van der Waals surface area contributed by atoms with Gasteiger partial charge in [0.05, 0.1) is 0 Å². The fourth-order valence-electron chi connectivity index (χ4n) is 2.69. The van der Waals surface area contributed by atoms with Gasteiger partial charge in [0.15, 0.2) is 0 Å². The molecule has 1 aromatic rings. The first-order valence-corrected chi connectivity index (χ1v) is 7.13. The van der Waals surface area contributed by atoms with Gasteiger partial charge >= 0.3 is 0 Å². The van der Waals surface area contributed by atoms with Crippen molar-refractivity contribution in [1.29, 1.82) is 0 Å². The second kappa shape index (κ2) is 5.30. The summed E-state index contributed by atoms with van der Waals surface area (Å²) >= 11 is 0. The lowest BCUT2D eigenvalue weighted by Gasteiger charge is -2.16. The summed E-state index contributed by atoms with van der Waals surface area (Å²) in [6, 6.07) is 3.22. The minimum absolute atomic E-state index is 0.492. The van der Waals surface area contributed by atoms with Crippen LogP contribution in [0.1, 0.15) is 32.0 Å². The Bertz CT molecular complexity index is 423. The molecule has 1 atom stereocenters. The monoisotopic (exact) mass is 262 g/mol. The van der Waals surface area contributed by atoms with Crippen molar-refractivity contribution < 1.29 is 0 Å². The second-order valence-corrected chi connectivity index (χ2v) is 5.41. The largest absolute Gasteiger partial charge is 0.366 e. The number of hydrogen-bond acceptors (Lipinski definition) is 6. The van der Waals surface area contributed by atoms with E-state index in [1.54, 1.807) is 0 Å². The van der Waals surface area contributed by atoms with Gasteiger partial charge in [-0.25, -0.2) is 15.8 Å². The molecule has 1 aromatic heterocycles. The fourth-order valence-corrected chi connectivity index (χ4v) is 2.69. The van der Waals surface area contributed by atoms with E-state index < -0.39 is 0 Å².